The molecule has 0 spiro atoms. The number of carbonyl (C=O) groups excluding carboxylic acids is 1. The number of rotatable bonds is 5. The van der Waals surface area contributed by atoms with Gasteiger partial charge in [0.2, 0.25) is 5.91 Å². The second-order valence-electron chi connectivity index (χ2n) is 4.85. The van der Waals surface area contributed by atoms with Gasteiger partial charge in [-0.3, -0.25) is 4.79 Å². The molecule has 3 heteroatoms. The maximum absolute atomic E-state index is 11.8. The Morgan fingerprint density at radius 2 is 2.18 bits per heavy atom. The molecule has 0 aromatic heterocycles. The Bertz CT molecular complexity index is 377. The average Bonchev–Trinajstić information content (AvgIpc) is 3.10. The molecule has 1 aliphatic carbocycles. The number of amides is 1. The predicted molar refractivity (Wildman–Crippen MR) is 68.6 cm³/mol. The molecule has 1 aliphatic rings. The fourth-order valence-electron chi connectivity index (χ4n) is 2.13. The van der Waals surface area contributed by atoms with E-state index in [0.717, 1.165) is 12.8 Å². The first kappa shape index (κ1) is 12.1. The summed E-state index contributed by atoms with van der Waals surface area (Å²) >= 11 is 0. The molecule has 0 bridgehead atoms. The Kier molecular flexibility index (Phi) is 3.79. The minimum Gasteiger partial charge on any atom is -0.353 e. The third-order valence-corrected chi connectivity index (χ3v) is 3.39. The van der Waals surface area contributed by atoms with Crippen LogP contribution in [0.1, 0.15) is 31.2 Å². The van der Waals surface area contributed by atoms with Crippen molar-refractivity contribution in [1.29, 1.82) is 0 Å². The van der Waals surface area contributed by atoms with Crippen LogP contribution < -0.4 is 11.1 Å². The van der Waals surface area contributed by atoms with Crippen molar-refractivity contribution in [3.63, 3.8) is 0 Å². The summed E-state index contributed by atoms with van der Waals surface area (Å²) < 4.78 is 0. The summed E-state index contributed by atoms with van der Waals surface area (Å²) in [5, 5.41) is 3.09. The molecule has 3 N–H and O–H groups in total. The normalized spacial score (nSPS) is 24.1. The highest BCUT2D eigenvalue weighted by Crippen LogP contribution is 2.40. The summed E-state index contributed by atoms with van der Waals surface area (Å²) in [6, 6.07) is 10.7. The van der Waals surface area contributed by atoms with E-state index in [9.17, 15) is 4.79 Å². The smallest absolute Gasteiger partial charge is 0.223 e. The molecular weight excluding hydrogens is 212 g/mol. The largest absolute Gasteiger partial charge is 0.353 e. The van der Waals surface area contributed by atoms with E-state index in [4.69, 9.17) is 5.73 Å². The molecule has 17 heavy (non-hydrogen) atoms. The molecule has 3 nitrogen and oxygen atoms in total. The van der Waals surface area contributed by atoms with Crippen LogP contribution in [0.2, 0.25) is 0 Å². The summed E-state index contributed by atoms with van der Waals surface area (Å²) in [6.07, 6.45) is 1.82. The van der Waals surface area contributed by atoms with Crippen molar-refractivity contribution >= 4 is 5.91 Å². The van der Waals surface area contributed by atoms with Crippen LogP contribution >= 0.6 is 0 Å². The van der Waals surface area contributed by atoms with Crippen LogP contribution in [0.25, 0.3) is 0 Å². The number of nitrogens with one attached hydrogen (secondary N) is 1. The molecule has 2 rings (SSSR count). The Morgan fingerprint density at radius 1 is 1.47 bits per heavy atom. The van der Waals surface area contributed by atoms with Gasteiger partial charge >= 0.3 is 0 Å². The van der Waals surface area contributed by atoms with E-state index >= 15 is 0 Å². The first-order chi connectivity index (χ1) is 8.22. The summed E-state index contributed by atoms with van der Waals surface area (Å²) in [7, 11) is 0. The predicted octanol–water partition coefficient (Wildman–Crippen LogP) is 1.64. The quantitative estimate of drug-likeness (QED) is 0.811. The van der Waals surface area contributed by atoms with Gasteiger partial charge in [-0.25, -0.2) is 0 Å². The molecule has 92 valence electrons. The summed E-state index contributed by atoms with van der Waals surface area (Å²) in [5.41, 5.74) is 6.78. The summed E-state index contributed by atoms with van der Waals surface area (Å²) in [4.78, 5) is 11.8. The van der Waals surface area contributed by atoms with Crippen LogP contribution in [-0.4, -0.2) is 18.5 Å². The van der Waals surface area contributed by atoms with Gasteiger partial charge in [-0.15, -0.1) is 0 Å². The van der Waals surface area contributed by atoms with Crippen LogP contribution in [0.3, 0.4) is 0 Å². The standard InChI is InChI=1S/C14H20N2O/c1-10(7-8-15)14(17)16-13-9-12(13)11-5-3-2-4-6-11/h2-6,10,12-13H,7-9,15H2,1H3,(H,16,17). The Labute approximate surface area is 102 Å². The lowest BCUT2D eigenvalue weighted by atomic mass is 10.1. The minimum absolute atomic E-state index is 0.0250. The van der Waals surface area contributed by atoms with Gasteiger partial charge in [-0.05, 0) is 24.9 Å². The van der Waals surface area contributed by atoms with Gasteiger partial charge in [0.1, 0.15) is 0 Å². The molecule has 3 atom stereocenters. The molecule has 1 saturated carbocycles. The average molecular weight is 232 g/mol. The SMILES string of the molecule is CC(CCN)C(=O)NC1CC1c1ccccc1. The maximum atomic E-state index is 11.8. The van der Waals surface area contributed by atoms with Gasteiger partial charge in [0, 0.05) is 17.9 Å². The van der Waals surface area contributed by atoms with E-state index in [1.807, 2.05) is 25.1 Å². The molecule has 1 fully saturated rings. The fourth-order valence-corrected chi connectivity index (χ4v) is 2.13. The molecule has 0 radical (unpaired) electrons. The number of hydrogen-bond donors (Lipinski definition) is 2. The second-order valence-corrected chi connectivity index (χ2v) is 4.85. The highest BCUT2D eigenvalue weighted by atomic mass is 16.2. The highest BCUT2D eigenvalue weighted by Gasteiger charge is 2.39. The third kappa shape index (κ3) is 3.07. The summed E-state index contributed by atoms with van der Waals surface area (Å²) in [5.74, 6) is 0.668. The highest BCUT2D eigenvalue weighted by molar-refractivity contribution is 5.79. The summed E-state index contributed by atoms with van der Waals surface area (Å²) in [6.45, 7) is 2.50. The van der Waals surface area contributed by atoms with Crippen molar-refractivity contribution in [2.75, 3.05) is 6.54 Å². The van der Waals surface area contributed by atoms with Crippen LogP contribution in [0.5, 0.6) is 0 Å². The van der Waals surface area contributed by atoms with Crippen molar-refractivity contribution < 1.29 is 4.79 Å². The van der Waals surface area contributed by atoms with Gasteiger partial charge < -0.3 is 11.1 Å². The van der Waals surface area contributed by atoms with Crippen LogP contribution in [0.15, 0.2) is 30.3 Å². The van der Waals surface area contributed by atoms with Crippen LogP contribution in [0.4, 0.5) is 0 Å². The zero-order chi connectivity index (χ0) is 12.3. The molecule has 1 aromatic rings. The Hall–Kier alpha value is -1.35. The van der Waals surface area contributed by atoms with E-state index in [1.54, 1.807) is 0 Å². The molecule has 1 aromatic carbocycles. The van der Waals surface area contributed by atoms with Gasteiger partial charge in [0.05, 0.1) is 0 Å². The Morgan fingerprint density at radius 3 is 2.82 bits per heavy atom. The van der Waals surface area contributed by atoms with E-state index in [1.165, 1.54) is 5.56 Å². The second kappa shape index (κ2) is 5.32. The van der Waals surface area contributed by atoms with Crippen molar-refractivity contribution in [1.82, 2.24) is 5.32 Å². The lowest BCUT2D eigenvalue weighted by Gasteiger charge is -2.10. The van der Waals surface area contributed by atoms with E-state index in [0.29, 0.717) is 18.5 Å². The zero-order valence-electron chi connectivity index (χ0n) is 10.2. The van der Waals surface area contributed by atoms with Gasteiger partial charge in [0.15, 0.2) is 0 Å². The fraction of sp³-hybridized carbons (Fsp3) is 0.500. The van der Waals surface area contributed by atoms with Gasteiger partial charge in [-0.2, -0.15) is 0 Å². The third-order valence-electron chi connectivity index (χ3n) is 3.39. The van der Waals surface area contributed by atoms with Crippen LogP contribution in [0, 0.1) is 5.92 Å². The van der Waals surface area contributed by atoms with Crippen LogP contribution in [-0.2, 0) is 4.79 Å². The van der Waals surface area contributed by atoms with E-state index < -0.39 is 0 Å². The number of carbonyl (C=O) groups is 1. The monoisotopic (exact) mass is 232 g/mol. The molecule has 0 aliphatic heterocycles. The topological polar surface area (TPSA) is 55.1 Å². The molecule has 1 amide bonds. The maximum Gasteiger partial charge on any atom is 0.223 e. The molecular formula is C14H20N2O. The number of benzene rings is 1. The molecule has 0 saturated heterocycles. The van der Waals surface area contributed by atoms with E-state index in [-0.39, 0.29) is 11.8 Å². The first-order valence-corrected chi connectivity index (χ1v) is 6.27. The number of hydrogen-bond acceptors (Lipinski definition) is 2. The lowest BCUT2D eigenvalue weighted by Crippen LogP contribution is -2.32. The lowest BCUT2D eigenvalue weighted by molar-refractivity contribution is -0.124. The molecule has 3 unspecified atom stereocenters. The Balaban J connectivity index is 1.82. The van der Waals surface area contributed by atoms with Crippen molar-refractivity contribution in [3.8, 4) is 0 Å². The van der Waals surface area contributed by atoms with E-state index in [2.05, 4.69) is 17.4 Å². The zero-order valence-corrected chi connectivity index (χ0v) is 10.2. The van der Waals surface area contributed by atoms with Crippen molar-refractivity contribution in [3.05, 3.63) is 35.9 Å². The van der Waals surface area contributed by atoms with Gasteiger partial charge in [-0.1, -0.05) is 37.3 Å². The first-order valence-electron chi connectivity index (χ1n) is 6.27. The van der Waals surface area contributed by atoms with Gasteiger partial charge in [0.25, 0.3) is 0 Å². The van der Waals surface area contributed by atoms with Crippen molar-refractivity contribution in [2.45, 2.75) is 31.7 Å². The minimum atomic E-state index is 0.0250. The number of nitrogens with two attached hydrogens (primary N) is 1. The molecule has 0 heterocycles. The van der Waals surface area contributed by atoms with Crippen molar-refractivity contribution in [2.24, 2.45) is 11.7 Å².